The average molecular weight is 331 g/mol. The van der Waals surface area contributed by atoms with Crippen LogP contribution >= 0.6 is 0 Å². The molecule has 1 heterocycles. The second-order valence-electron chi connectivity index (χ2n) is 5.50. The molecule has 0 saturated carbocycles. The number of benzene rings is 1. The number of hydrogen-bond acceptors (Lipinski definition) is 3. The lowest BCUT2D eigenvalue weighted by Crippen LogP contribution is -2.49. The maximum Gasteiger partial charge on any atom is 0.406 e. The van der Waals surface area contributed by atoms with Gasteiger partial charge >= 0.3 is 6.18 Å². The smallest absolute Gasteiger partial charge is 0.406 e. The number of nitrogens with zero attached hydrogens (tertiary/aromatic N) is 1. The van der Waals surface area contributed by atoms with Gasteiger partial charge in [0.15, 0.2) is 0 Å². The Labute approximate surface area is 133 Å². The Hall–Kier alpha value is -1.76. The molecule has 2 rings (SSSR count). The van der Waals surface area contributed by atoms with E-state index in [0.717, 1.165) is 4.90 Å². The van der Waals surface area contributed by atoms with E-state index in [-0.39, 0.29) is 13.0 Å². The van der Waals surface area contributed by atoms with Crippen molar-refractivity contribution in [3.8, 4) is 5.75 Å². The highest BCUT2D eigenvalue weighted by Gasteiger charge is 2.37. The van der Waals surface area contributed by atoms with Crippen LogP contribution in [0.25, 0.3) is 0 Å². The fourth-order valence-electron chi connectivity index (χ4n) is 2.70. The van der Waals surface area contributed by atoms with Crippen molar-refractivity contribution in [3.05, 3.63) is 29.8 Å². The van der Waals surface area contributed by atoms with Crippen molar-refractivity contribution < 1.29 is 27.4 Å². The normalized spacial score (nSPS) is 18.5. The monoisotopic (exact) mass is 331 g/mol. The number of carbonyl (C=O) groups is 1. The molecule has 1 amide bonds. The third kappa shape index (κ3) is 5.13. The van der Waals surface area contributed by atoms with Gasteiger partial charge in [-0.1, -0.05) is 18.2 Å². The van der Waals surface area contributed by atoms with Crippen LogP contribution in [-0.4, -0.2) is 49.9 Å². The molecule has 1 aromatic carbocycles. The van der Waals surface area contributed by atoms with Crippen LogP contribution in [0.3, 0.4) is 0 Å². The zero-order valence-electron chi connectivity index (χ0n) is 12.9. The predicted octanol–water partition coefficient (Wildman–Crippen LogP) is 2.81. The van der Waals surface area contributed by atoms with Crippen LogP contribution in [0, 0.1) is 0 Å². The summed E-state index contributed by atoms with van der Waals surface area (Å²) in [5, 5.41) is 0. The number of rotatable bonds is 5. The number of methoxy groups -OCH3 is 1. The van der Waals surface area contributed by atoms with Crippen molar-refractivity contribution in [2.45, 2.75) is 31.5 Å². The van der Waals surface area contributed by atoms with E-state index < -0.39 is 24.7 Å². The minimum absolute atomic E-state index is 0.128. The van der Waals surface area contributed by atoms with Gasteiger partial charge in [0, 0.05) is 12.2 Å². The number of halogens is 3. The van der Waals surface area contributed by atoms with Crippen LogP contribution in [0.1, 0.15) is 18.4 Å². The number of para-hydroxylation sites is 1. The van der Waals surface area contributed by atoms with Crippen LogP contribution in [0.4, 0.5) is 13.2 Å². The topological polar surface area (TPSA) is 38.8 Å². The molecule has 1 atom stereocenters. The van der Waals surface area contributed by atoms with Crippen LogP contribution in [0.15, 0.2) is 24.3 Å². The average Bonchev–Trinajstić information content (AvgIpc) is 2.53. The Morgan fingerprint density at radius 1 is 1.39 bits per heavy atom. The van der Waals surface area contributed by atoms with Gasteiger partial charge in [-0.3, -0.25) is 4.79 Å². The molecule has 128 valence electrons. The first kappa shape index (κ1) is 17.6. The van der Waals surface area contributed by atoms with Gasteiger partial charge in [-0.15, -0.1) is 0 Å². The molecule has 0 aromatic heterocycles. The van der Waals surface area contributed by atoms with Gasteiger partial charge < -0.3 is 14.4 Å². The van der Waals surface area contributed by atoms with Crippen molar-refractivity contribution in [3.63, 3.8) is 0 Å². The summed E-state index contributed by atoms with van der Waals surface area (Å²) in [6.45, 7) is -0.584. The summed E-state index contributed by atoms with van der Waals surface area (Å²) in [4.78, 5) is 13.4. The quantitative estimate of drug-likeness (QED) is 0.833. The minimum Gasteiger partial charge on any atom is -0.496 e. The van der Waals surface area contributed by atoms with Crippen molar-refractivity contribution >= 4 is 5.91 Å². The maximum absolute atomic E-state index is 12.8. The molecule has 23 heavy (non-hydrogen) atoms. The molecule has 1 aliphatic rings. The van der Waals surface area contributed by atoms with Crippen molar-refractivity contribution in [2.75, 3.05) is 26.9 Å². The summed E-state index contributed by atoms with van der Waals surface area (Å²) < 4.78 is 48.9. The van der Waals surface area contributed by atoms with Crippen LogP contribution < -0.4 is 4.74 Å². The van der Waals surface area contributed by atoms with Crippen LogP contribution in [-0.2, 0) is 16.0 Å². The summed E-state index contributed by atoms with van der Waals surface area (Å²) in [5.74, 6) is -0.0740. The number of carbonyl (C=O) groups excluding carboxylic acids is 1. The fourth-order valence-corrected chi connectivity index (χ4v) is 2.70. The van der Waals surface area contributed by atoms with Crippen molar-refractivity contribution in [1.82, 2.24) is 4.90 Å². The Morgan fingerprint density at radius 3 is 2.74 bits per heavy atom. The largest absolute Gasteiger partial charge is 0.496 e. The summed E-state index contributed by atoms with van der Waals surface area (Å²) in [6.07, 6.45) is -3.39. The highest BCUT2D eigenvalue weighted by Crippen LogP contribution is 2.24. The minimum atomic E-state index is -4.44. The summed E-state index contributed by atoms with van der Waals surface area (Å²) in [5.41, 5.74) is 0.573. The molecule has 1 fully saturated rings. The van der Waals surface area contributed by atoms with E-state index >= 15 is 0 Å². The molecule has 0 radical (unpaired) electrons. The highest BCUT2D eigenvalue weighted by atomic mass is 19.4. The van der Waals surface area contributed by atoms with Gasteiger partial charge in [0.25, 0.3) is 0 Å². The van der Waals surface area contributed by atoms with Gasteiger partial charge in [-0.05, 0) is 18.9 Å². The molecule has 0 bridgehead atoms. The van der Waals surface area contributed by atoms with Crippen LogP contribution in [0.5, 0.6) is 5.75 Å². The number of hydrogen-bond donors (Lipinski definition) is 0. The first-order valence-electron chi connectivity index (χ1n) is 7.46. The van der Waals surface area contributed by atoms with Crippen LogP contribution in [0.2, 0.25) is 0 Å². The SMILES string of the molecule is COc1ccccc1CC(=O)N(CC(F)(F)F)[C@H]1CCCOC1. The maximum atomic E-state index is 12.8. The molecular weight excluding hydrogens is 311 g/mol. The highest BCUT2D eigenvalue weighted by molar-refractivity contribution is 5.80. The predicted molar refractivity (Wildman–Crippen MR) is 78.3 cm³/mol. The number of amides is 1. The van der Waals surface area contributed by atoms with E-state index in [0.29, 0.717) is 30.8 Å². The Morgan fingerprint density at radius 2 is 2.13 bits per heavy atom. The molecule has 1 aromatic rings. The molecule has 0 unspecified atom stereocenters. The van der Waals surface area contributed by atoms with E-state index in [9.17, 15) is 18.0 Å². The lowest BCUT2D eigenvalue weighted by Gasteiger charge is -2.34. The van der Waals surface area contributed by atoms with E-state index in [1.165, 1.54) is 7.11 Å². The molecule has 1 aliphatic heterocycles. The van der Waals surface area contributed by atoms with E-state index in [1.807, 2.05) is 0 Å². The molecular formula is C16H20F3NO3. The first-order valence-corrected chi connectivity index (χ1v) is 7.46. The number of ether oxygens (including phenoxy) is 2. The molecule has 0 aliphatic carbocycles. The van der Waals surface area contributed by atoms with E-state index in [2.05, 4.69) is 0 Å². The first-order chi connectivity index (χ1) is 10.9. The van der Waals surface area contributed by atoms with Gasteiger partial charge in [-0.25, -0.2) is 0 Å². The Bertz CT molecular complexity index is 528. The molecule has 4 nitrogen and oxygen atoms in total. The summed E-state index contributed by atoms with van der Waals surface area (Å²) >= 11 is 0. The lowest BCUT2D eigenvalue weighted by molar-refractivity contribution is -0.169. The summed E-state index contributed by atoms with van der Waals surface area (Å²) in [7, 11) is 1.46. The Kier molecular flexibility index (Phi) is 5.87. The van der Waals surface area contributed by atoms with Gasteiger partial charge in [-0.2, -0.15) is 13.2 Å². The van der Waals surface area contributed by atoms with E-state index in [1.54, 1.807) is 24.3 Å². The Balaban J connectivity index is 2.15. The molecule has 7 heteroatoms. The summed E-state index contributed by atoms with van der Waals surface area (Å²) in [6, 6.07) is 6.30. The second-order valence-corrected chi connectivity index (χ2v) is 5.50. The van der Waals surface area contributed by atoms with Gasteiger partial charge in [0.05, 0.1) is 26.2 Å². The molecule has 0 N–H and O–H groups in total. The lowest BCUT2D eigenvalue weighted by atomic mass is 10.1. The van der Waals surface area contributed by atoms with Gasteiger partial charge in [0.2, 0.25) is 5.91 Å². The molecule has 1 saturated heterocycles. The van der Waals surface area contributed by atoms with E-state index in [4.69, 9.17) is 9.47 Å². The van der Waals surface area contributed by atoms with Crippen molar-refractivity contribution in [1.29, 1.82) is 0 Å². The van der Waals surface area contributed by atoms with Crippen molar-refractivity contribution in [2.24, 2.45) is 0 Å². The zero-order valence-corrected chi connectivity index (χ0v) is 12.9. The fraction of sp³-hybridized carbons (Fsp3) is 0.562. The molecule has 0 spiro atoms. The third-order valence-electron chi connectivity index (χ3n) is 3.78. The third-order valence-corrected chi connectivity index (χ3v) is 3.78. The zero-order chi connectivity index (χ0) is 16.9. The second kappa shape index (κ2) is 7.68. The number of alkyl halides is 3. The van der Waals surface area contributed by atoms with Gasteiger partial charge in [0.1, 0.15) is 12.3 Å². The standard InChI is InChI=1S/C16H20F3NO3/c1-22-14-7-3-2-5-12(14)9-15(21)20(11-16(17,18)19)13-6-4-8-23-10-13/h2-3,5,7,13H,4,6,8-11H2,1H3/t13-/m0/s1.